The second-order valence-corrected chi connectivity index (χ2v) is 4.64. The van der Waals surface area contributed by atoms with Crippen LogP contribution in [0.4, 0.5) is 0 Å². The highest BCUT2D eigenvalue weighted by molar-refractivity contribution is 9.10. The monoisotopic (exact) mass is 285 g/mol. The van der Waals surface area contributed by atoms with Crippen LogP contribution in [-0.2, 0) is 0 Å². The van der Waals surface area contributed by atoms with Crippen LogP contribution in [0, 0.1) is 6.92 Å². The Kier molecular flexibility index (Phi) is 4.80. The zero-order chi connectivity index (χ0) is 12.1. The molecule has 1 aromatic carbocycles. The maximum absolute atomic E-state index is 11.8. The first-order valence-corrected chi connectivity index (χ1v) is 6.13. The molecule has 0 saturated heterocycles. The minimum atomic E-state index is -0.227. The van der Waals surface area contributed by atoms with Crippen molar-refractivity contribution in [1.82, 2.24) is 5.32 Å². The van der Waals surface area contributed by atoms with E-state index < -0.39 is 0 Å². The highest BCUT2D eigenvalue weighted by Crippen LogP contribution is 2.26. The summed E-state index contributed by atoms with van der Waals surface area (Å²) in [7, 11) is 0. The third-order valence-electron chi connectivity index (χ3n) is 2.33. The molecule has 0 radical (unpaired) electrons. The molecule has 88 valence electrons. The van der Waals surface area contributed by atoms with Crippen LogP contribution in [0.15, 0.2) is 16.6 Å². The summed E-state index contributed by atoms with van der Waals surface area (Å²) in [6.07, 6.45) is 1.98. The van der Waals surface area contributed by atoms with Crippen LogP contribution in [0.3, 0.4) is 0 Å². The maximum Gasteiger partial charge on any atom is 0.255 e. The number of carbonyl (C=O) groups excluding carboxylic acids is 1. The molecule has 0 fully saturated rings. The smallest absolute Gasteiger partial charge is 0.255 e. The molecular weight excluding hydrogens is 270 g/mol. The molecule has 0 aliphatic carbocycles. The second kappa shape index (κ2) is 5.89. The van der Waals surface area contributed by atoms with Crippen LogP contribution in [0.5, 0.6) is 5.75 Å². The summed E-state index contributed by atoms with van der Waals surface area (Å²) < 4.78 is 0.795. The number of amides is 1. The molecular formula is C12H16BrNO2. The number of phenols is 1. The van der Waals surface area contributed by atoms with E-state index >= 15 is 0 Å². The van der Waals surface area contributed by atoms with Gasteiger partial charge in [-0.05, 0) is 31.0 Å². The van der Waals surface area contributed by atoms with E-state index in [9.17, 15) is 9.90 Å². The Morgan fingerprint density at radius 1 is 1.50 bits per heavy atom. The van der Waals surface area contributed by atoms with Gasteiger partial charge in [0.05, 0.1) is 5.56 Å². The molecule has 0 heterocycles. The SMILES string of the molecule is CCCCNC(=O)c1cc(Br)cc(C)c1O. The van der Waals surface area contributed by atoms with Gasteiger partial charge in [0.25, 0.3) is 5.91 Å². The minimum Gasteiger partial charge on any atom is -0.507 e. The van der Waals surface area contributed by atoms with E-state index in [4.69, 9.17) is 0 Å². The van der Waals surface area contributed by atoms with Crippen LogP contribution >= 0.6 is 15.9 Å². The fourth-order valence-electron chi connectivity index (χ4n) is 1.38. The third kappa shape index (κ3) is 3.23. The third-order valence-corrected chi connectivity index (χ3v) is 2.78. The van der Waals surface area contributed by atoms with Gasteiger partial charge in [0.2, 0.25) is 0 Å². The highest BCUT2D eigenvalue weighted by atomic mass is 79.9. The molecule has 16 heavy (non-hydrogen) atoms. The lowest BCUT2D eigenvalue weighted by atomic mass is 10.1. The van der Waals surface area contributed by atoms with Gasteiger partial charge in [-0.3, -0.25) is 4.79 Å². The van der Waals surface area contributed by atoms with Crippen molar-refractivity contribution in [1.29, 1.82) is 0 Å². The van der Waals surface area contributed by atoms with E-state index in [1.807, 2.05) is 0 Å². The summed E-state index contributed by atoms with van der Waals surface area (Å²) in [5.74, 6) is -0.174. The van der Waals surface area contributed by atoms with Crippen molar-refractivity contribution in [3.05, 3.63) is 27.7 Å². The number of halogens is 1. The maximum atomic E-state index is 11.8. The summed E-state index contributed by atoms with van der Waals surface area (Å²) in [6.45, 7) is 4.47. The molecule has 0 aromatic heterocycles. The standard InChI is InChI=1S/C12H16BrNO2/c1-3-4-5-14-12(16)10-7-9(13)6-8(2)11(10)15/h6-7,15H,3-5H2,1-2H3,(H,14,16). The number of rotatable bonds is 4. The Balaban J connectivity index is 2.82. The molecule has 0 aliphatic rings. The predicted molar refractivity (Wildman–Crippen MR) is 67.8 cm³/mol. The number of unbranched alkanes of at least 4 members (excludes halogenated alkanes) is 1. The number of phenolic OH excluding ortho intramolecular Hbond substituents is 1. The molecule has 0 aliphatic heterocycles. The van der Waals surface area contributed by atoms with Crippen LogP contribution in [0.25, 0.3) is 0 Å². The first kappa shape index (κ1) is 13.0. The first-order chi connectivity index (χ1) is 7.56. The molecule has 0 saturated carbocycles. The summed E-state index contributed by atoms with van der Waals surface area (Å²) in [5, 5.41) is 12.5. The Bertz CT molecular complexity index is 391. The van der Waals surface area contributed by atoms with E-state index in [1.165, 1.54) is 0 Å². The lowest BCUT2D eigenvalue weighted by molar-refractivity contribution is 0.0950. The fraction of sp³-hybridized carbons (Fsp3) is 0.417. The van der Waals surface area contributed by atoms with E-state index in [0.29, 0.717) is 17.7 Å². The Morgan fingerprint density at radius 3 is 2.81 bits per heavy atom. The molecule has 2 N–H and O–H groups in total. The average Bonchev–Trinajstić information content (AvgIpc) is 2.23. The largest absolute Gasteiger partial charge is 0.507 e. The van der Waals surface area contributed by atoms with Gasteiger partial charge in [0.15, 0.2) is 0 Å². The molecule has 1 aromatic rings. The van der Waals surface area contributed by atoms with Crippen molar-refractivity contribution in [3.8, 4) is 5.75 Å². The van der Waals surface area contributed by atoms with E-state index in [-0.39, 0.29) is 11.7 Å². The topological polar surface area (TPSA) is 49.3 Å². The number of carbonyl (C=O) groups is 1. The van der Waals surface area contributed by atoms with Crippen molar-refractivity contribution in [2.45, 2.75) is 26.7 Å². The zero-order valence-corrected chi connectivity index (χ0v) is 11.1. The molecule has 1 rings (SSSR count). The number of benzene rings is 1. The predicted octanol–water partition coefficient (Wildman–Crippen LogP) is 2.99. The van der Waals surface area contributed by atoms with E-state index in [1.54, 1.807) is 19.1 Å². The van der Waals surface area contributed by atoms with Crippen molar-refractivity contribution in [3.63, 3.8) is 0 Å². The quantitative estimate of drug-likeness (QED) is 0.836. The van der Waals surface area contributed by atoms with Crippen molar-refractivity contribution >= 4 is 21.8 Å². The van der Waals surface area contributed by atoms with Gasteiger partial charge in [-0.25, -0.2) is 0 Å². The molecule has 3 nitrogen and oxygen atoms in total. The molecule has 0 spiro atoms. The van der Waals surface area contributed by atoms with Gasteiger partial charge >= 0.3 is 0 Å². The first-order valence-electron chi connectivity index (χ1n) is 5.33. The van der Waals surface area contributed by atoms with Crippen molar-refractivity contribution < 1.29 is 9.90 Å². The van der Waals surface area contributed by atoms with Gasteiger partial charge in [0.1, 0.15) is 5.75 Å². The highest BCUT2D eigenvalue weighted by Gasteiger charge is 2.13. The summed E-state index contributed by atoms with van der Waals surface area (Å²) in [5.41, 5.74) is 1.01. The molecule has 0 bridgehead atoms. The van der Waals surface area contributed by atoms with Crippen molar-refractivity contribution in [2.75, 3.05) is 6.54 Å². The van der Waals surface area contributed by atoms with E-state index in [2.05, 4.69) is 28.2 Å². The van der Waals surface area contributed by atoms with Gasteiger partial charge in [-0.1, -0.05) is 29.3 Å². The average molecular weight is 286 g/mol. The van der Waals surface area contributed by atoms with Gasteiger partial charge < -0.3 is 10.4 Å². The number of aromatic hydroxyl groups is 1. The number of aryl methyl sites for hydroxylation is 1. The molecule has 0 unspecified atom stereocenters. The van der Waals surface area contributed by atoms with Crippen LogP contribution in [0.2, 0.25) is 0 Å². The molecule has 0 atom stereocenters. The van der Waals surface area contributed by atoms with Crippen molar-refractivity contribution in [2.24, 2.45) is 0 Å². The number of nitrogens with one attached hydrogen (secondary N) is 1. The summed E-state index contributed by atoms with van der Waals surface area (Å²) in [4.78, 5) is 11.8. The summed E-state index contributed by atoms with van der Waals surface area (Å²) in [6, 6.07) is 3.40. The van der Waals surface area contributed by atoms with Gasteiger partial charge in [-0.2, -0.15) is 0 Å². The fourth-order valence-corrected chi connectivity index (χ4v) is 1.95. The Labute approximate surface area is 104 Å². The van der Waals surface area contributed by atoms with Crippen LogP contribution in [-0.4, -0.2) is 17.6 Å². The number of hydrogen-bond acceptors (Lipinski definition) is 2. The molecule has 1 amide bonds. The number of hydrogen-bond donors (Lipinski definition) is 2. The van der Waals surface area contributed by atoms with Crippen LogP contribution < -0.4 is 5.32 Å². The van der Waals surface area contributed by atoms with Gasteiger partial charge in [0, 0.05) is 11.0 Å². The Hall–Kier alpha value is -1.03. The summed E-state index contributed by atoms with van der Waals surface area (Å²) >= 11 is 3.31. The van der Waals surface area contributed by atoms with Gasteiger partial charge in [-0.15, -0.1) is 0 Å². The van der Waals surface area contributed by atoms with E-state index in [0.717, 1.165) is 17.3 Å². The normalized spacial score (nSPS) is 10.2. The lowest BCUT2D eigenvalue weighted by Crippen LogP contribution is -2.24. The zero-order valence-electron chi connectivity index (χ0n) is 9.51. The minimum absolute atomic E-state index is 0.0530. The lowest BCUT2D eigenvalue weighted by Gasteiger charge is -2.08. The Morgan fingerprint density at radius 2 is 2.19 bits per heavy atom. The second-order valence-electron chi connectivity index (χ2n) is 3.73. The molecule has 4 heteroatoms. The van der Waals surface area contributed by atoms with Crippen LogP contribution in [0.1, 0.15) is 35.7 Å².